The lowest BCUT2D eigenvalue weighted by molar-refractivity contribution is -0.134. The van der Waals surface area contributed by atoms with E-state index >= 15 is 0 Å². The van der Waals surface area contributed by atoms with Gasteiger partial charge in [0.15, 0.2) is 18.2 Å². The normalized spacial score (nSPS) is 19.3. The molecule has 2 atom stereocenters. The van der Waals surface area contributed by atoms with Crippen LogP contribution in [0.4, 0.5) is 23.1 Å². The number of aryl methyl sites for hydroxylation is 2. The average Bonchev–Trinajstić information content (AvgIpc) is 3.41. The van der Waals surface area contributed by atoms with E-state index in [2.05, 4.69) is 55.2 Å². The maximum absolute atomic E-state index is 12.8. The van der Waals surface area contributed by atoms with E-state index in [-0.39, 0.29) is 41.5 Å². The second kappa shape index (κ2) is 14.6. The van der Waals surface area contributed by atoms with Gasteiger partial charge in [-0.3, -0.25) is 33.7 Å². The summed E-state index contributed by atoms with van der Waals surface area (Å²) in [5.41, 5.74) is 4.57. The Bertz CT molecular complexity index is 2510. The van der Waals surface area contributed by atoms with Crippen LogP contribution in [0.5, 0.6) is 5.75 Å². The lowest BCUT2D eigenvalue weighted by Crippen LogP contribution is -2.56. The number of para-hydroxylation sites is 1. The van der Waals surface area contributed by atoms with E-state index in [0.717, 1.165) is 48.9 Å². The Morgan fingerprint density at radius 3 is 2.71 bits per heavy atom. The van der Waals surface area contributed by atoms with E-state index in [1.165, 1.54) is 17.2 Å². The third-order valence-electron chi connectivity index (χ3n) is 11.1. The molecule has 16 nitrogen and oxygen atoms in total. The molecule has 1 aliphatic carbocycles. The Hall–Kier alpha value is -6.03. The number of allylic oxidation sites excluding steroid dienone is 1. The van der Waals surface area contributed by atoms with Gasteiger partial charge in [-0.05, 0) is 50.8 Å². The van der Waals surface area contributed by atoms with Gasteiger partial charge < -0.3 is 25.6 Å². The van der Waals surface area contributed by atoms with Crippen molar-refractivity contribution in [2.24, 2.45) is 19.5 Å². The maximum atomic E-state index is 12.8. The number of carbonyl (C=O) groups is 3. The van der Waals surface area contributed by atoms with Crippen LogP contribution in [0.1, 0.15) is 50.6 Å². The summed E-state index contributed by atoms with van der Waals surface area (Å²) in [6.45, 7) is 3.47. The molecule has 17 heteroatoms. The summed E-state index contributed by atoms with van der Waals surface area (Å²) in [5, 5.41) is 18.6. The molecule has 5 aromatic rings. The number of amides is 3. The highest BCUT2D eigenvalue weighted by Gasteiger charge is 2.44. The highest BCUT2D eigenvalue weighted by atomic mass is 35.5. The third-order valence-corrected chi connectivity index (χ3v) is 11.4. The molecular weight excluding hydrogens is 738 g/mol. The second-order valence-electron chi connectivity index (χ2n) is 14.9. The standard InChI is InChI=1S/C39H42ClN11O5/c1-21-10-12-39(13-11-27(21)45-28-7-5-6-24-32(48-50(4)33(24)28)25-8-9-30(52)46-36(25)54)19-51(20-39)38-43-17-26(40)34(47-38)44-23-14-22-15-29(56-18-31(53)41-2)37(55)49(3)35(22)42-16-23/h5-7,10,14-17,25,27,45H,8-9,11-13,18-20H2,1-4H3,(H,41,53)(H,43,44,47)(H,46,52,54)/t25?,27-/m1/s1. The predicted octanol–water partition coefficient (Wildman–Crippen LogP) is 4.07. The highest BCUT2D eigenvalue weighted by Crippen LogP contribution is 2.44. The number of nitrogens with zero attached hydrogens (tertiary/aromatic N) is 7. The van der Waals surface area contributed by atoms with Crippen LogP contribution in [0.25, 0.3) is 21.9 Å². The van der Waals surface area contributed by atoms with Crippen LogP contribution in [0, 0.1) is 5.41 Å². The first-order chi connectivity index (χ1) is 26.9. The number of anilines is 4. The van der Waals surface area contributed by atoms with Gasteiger partial charge in [0.05, 0.1) is 40.9 Å². The zero-order valence-electron chi connectivity index (χ0n) is 31.5. The van der Waals surface area contributed by atoms with Crippen molar-refractivity contribution in [2.45, 2.75) is 51.0 Å². The van der Waals surface area contributed by atoms with Crippen molar-refractivity contribution in [1.82, 2.24) is 39.9 Å². The SMILES string of the molecule is CNC(=O)COc1cc2cc(Nc3nc(N4CC5(CC=C(C)[C@H](Nc6cccc7c(C8CCC(=O)NC8=O)nn(C)c67)CC5)C4)ncc3Cl)cnc2n(C)c1=O. The molecule has 1 unspecified atom stereocenters. The zero-order valence-corrected chi connectivity index (χ0v) is 32.2. The number of halogens is 1. The Balaban J connectivity index is 0.942. The molecular formula is C39H42ClN11O5. The molecule has 4 N–H and O–H groups in total. The van der Waals surface area contributed by atoms with Crippen molar-refractivity contribution in [2.75, 3.05) is 42.3 Å². The van der Waals surface area contributed by atoms with Crippen LogP contribution in [0.2, 0.25) is 5.02 Å². The molecule has 290 valence electrons. The molecule has 8 rings (SSSR count). The molecule has 2 saturated heterocycles. The van der Waals surface area contributed by atoms with Gasteiger partial charge in [-0.15, -0.1) is 0 Å². The smallest absolute Gasteiger partial charge is 0.294 e. The molecule has 0 bridgehead atoms. The van der Waals surface area contributed by atoms with Gasteiger partial charge in [0.1, 0.15) is 10.7 Å². The number of fused-ring (bicyclic) bond motifs is 2. The van der Waals surface area contributed by atoms with Crippen LogP contribution in [-0.2, 0) is 28.5 Å². The van der Waals surface area contributed by atoms with E-state index in [0.29, 0.717) is 52.0 Å². The number of rotatable bonds is 9. The topological polar surface area (TPSA) is 190 Å². The van der Waals surface area contributed by atoms with Gasteiger partial charge in [0, 0.05) is 62.9 Å². The van der Waals surface area contributed by atoms with Crippen LogP contribution in [-0.4, -0.2) is 79.8 Å². The molecule has 3 amide bonds. The first kappa shape index (κ1) is 36.9. The Morgan fingerprint density at radius 1 is 1.11 bits per heavy atom. The molecule has 2 fully saturated rings. The summed E-state index contributed by atoms with van der Waals surface area (Å²) < 4.78 is 8.69. The summed E-state index contributed by atoms with van der Waals surface area (Å²) in [6.07, 6.45) is 9.13. The maximum Gasteiger partial charge on any atom is 0.294 e. The summed E-state index contributed by atoms with van der Waals surface area (Å²) in [5.74, 6) is -0.326. The average molecular weight is 780 g/mol. The Morgan fingerprint density at radius 2 is 1.93 bits per heavy atom. The number of hydrogen-bond donors (Lipinski definition) is 4. The van der Waals surface area contributed by atoms with E-state index in [1.54, 1.807) is 25.5 Å². The van der Waals surface area contributed by atoms with Crippen LogP contribution >= 0.6 is 11.6 Å². The third kappa shape index (κ3) is 6.89. The zero-order chi connectivity index (χ0) is 39.3. The van der Waals surface area contributed by atoms with Gasteiger partial charge in [0.25, 0.3) is 11.5 Å². The van der Waals surface area contributed by atoms with Crippen molar-refractivity contribution in [3.63, 3.8) is 0 Å². The molecule has 1 spiro atoms. The van der Waals surface area contributed by atoms with Gasteiger partial charge >= 0.3 is 0 Å². The van der Waals surface area contributed by atoms with Crippen LogP contribution in [0.15, 0.2) is 59.2 Å². The molecule has 2 aliphatic heterocycles. The fraction of sp³-hybridized carbons (Fsp3) is 0.385. The quantitative estimate of drug-likeness (QED) is 0.124. The van der Waals surface area contributed by atoms with E-state index < -0.39 is 11.5 Å². The number of imide groups is 1. The first-order valence-corrected chi connectivity index (χ1v) is 18.9. The first-order valence-electron chi connectivity index (χ1n) is 18.5. The summed E-state index contributed by atoms with van der Waals surface area (Å²) in [6, 6.07) is 9.52. The van der Waals surface area contributed by atoms with E-state index in [9.17, 15) is 19.2 Å². The fourth-order valence-corrected chi connectivity index (χ4v) is 8.14. The number of likely N-dealkylation sites (N-methyl/N-ethyl adjacent to an activating group) is 1. The number of piperidine rings is 1. The number of nitrogens with one attached hydrogen (secondary N) is 4. The minimum absolute atomic E-state index is 0.0358. The molecule has 0 radical (unpaired) electrons. The largest absolute Gasteiger partial charge is 0.478 e. The molecule has 3 aliphatic rings. The van der Waals surface area contributed by atoms with Crippen molar-refractivity contribution in [3.8, 4) is 5.75 Å². The van der Waals surface area contributed by atoms with Crippen molar-refractivity contribution in [3.05, 3.63) is 75.4 Å². The molecule has 0 saturated carbocycles. The Kier molecular flexibility index (Phi) is 9.60. The molecule has 56 heavy (non-hydrogen) atoms. The lowest BCUT2D eigenvalue weighted by Gasteiger charge is -2.50. The van der Waals surface area contributed by atoms with Crippen molar-refractivity contribution < 1.29 is 19.1 Å². The summed E-state index contributed by atoms with van der Waals surface area (Å²) in [7, 11) is 4.98. The molecule has 1 aromatic carbocycles. The summed E-state index contributed by atoms with van der Waals surface area (Å²) >= 11 is 6.57. The molecule has 6 heterocycles. The number of carbonyl (C=O) groups excluding carboxylic acids is 3. The lowest BCUT2D eigenvalue weighted by atomic mass is 9.74. The molecule has 4 aromatic heterocycles. The van der Waals surface area contributed by atoms with Crippen molar-refractivity contribution >= 4 is 74.4 Å². The number of ether oxygens (including phenoxy) is 1. The van der Waals surface area contributed by atoms with E-state index in [4.69, 9.17) is 26.4 Å². The summed E-state index contributed by atoms with van der Waals surface area (Å²) in [4.78, 5) is 65.0. The number of pyridine rings is 2. The van der Waals surface area contributed by atoms with Crippen LogP contribution < -0.4 is 36.5 Å². The number of aromatic nitrogens is 6. The monoisotopic (exact) mass is 779 g/mol. The highest BCUT2D eigenvalue weighted by molar-refractivity contribution is 6.33. The fourth-order valence-electron chi connectivity index (χ4n) is 8.01. The number of hydrogen-bond acceptors (Lipinski definition) is 12. The predicted molar refractivity (Wildman–Crippen MR) is 212 cm³/mol. The van der Waals surface area contributed by atoms with Gasteiger partial charge in [-0.1, -0.05) is 35.4 Å². The van der Waals surface area contributed by atoms with Gasteiger partial charge in [0.2, 0.25) is 17.8 Å². The van der Waals surface area contributed by atoms with Crippen LogP contribution in [0.3, 0.4) is 0 Å². The van der Waals surface area contributed by atoms with Crippen molar-refractivity contribution in [1.29, 1.82) is 0 Å². The number of benzene rings is 1. The van der Waals surface area contributed by atoms with Gasteiger partial charge in [-0.2, -0.15) is 10.1 Å². The Labute approximate surface area is 326 Å². The minimum Gasteiger partial charge on any atom is -0.478 e. The van der Waals surface area contributed by atoms with Gasteiger partial charge in [-0.25, -0.2) is 9.97 Å². The van der Waals surface area contributed by atoms with E-state index in [1.807, 2.05) is 29.9 Å². The minimum atomic E-state index is -0.463. The second-order valence-corrected chi connectivity index (χ2v) is 15.3.